The number of nitriles is 2. The number of benzene rings is 8. The predicted molar refractivity (Wildman–Crippen MR) is 326 cm³/mol. The molecule has 4 unspecified atom stereocenters. The van der Waals surface area contributed by atoms with Crippen LogP contribution in [0.5, 0.6) is 0 Å². The van der Waals surface area contributed by atoms with Crippen LogP contribution in [0.15, 0.2) is 106 Å². The minimum absolute atomic E-state index is 0.0243. The van der Waals surface area contributed by atoms with Crippen LogP contribution in [-0.2, 0) is 31.1 Å². The van der Waals surface area contributed by atoms with Crippen LogP contribution >= 0.6 is 0 Å². The maximum Gasteiger partial charge on any atom is 0.153 e. The Morgan fingerprint density at radius 1 is 0.444 bits per heavy atom. The Balaban J connectivity index is 1.02. The summed E-state index contributed by atoms with van der Waals surface area (Å²) in [5.41, 5.74) is 28.7. The largest absolute Gasteiger partial charge is 0.454 e. The molecule has 10 aliphatic rings. The highest BCUT2D eigenvalue weighted by atomic mass is 16.3. The molecule has 4 fully saturated rings. The lowest BCUT2D eigenvalue weighted by molar-refractivity contribution is 0.166. The Morgan fingerprint density at radius 2 is 0.877 bits per heavy atom. The number of nitrogens with zero attached hydrogens (tertiary/aromatic N) is 3. The van der Waals surface area contributed by atoms with E-state index in [1.165, 1.54) is 185 Å². The van der Waals surface area contributed by atoms with Crippen LogP contribution in [0.2, 0.25) is 0 Å². The second-order valence-corrected chi connectivity index (χ2v) is 28.3. The van der Waals surface area contributed by atoms with Crippen molar-refractivity contribution in [2.24, 2.45) is 23.7 Å². The van der Waals surface area contributed by atoms with E-state index in [1.807, 2.05) is 0 Å². The Kier molecular flexibility index (Phi) is 8.40. The van der Waals surface area contributed by atoms with Crippen molar-refractivity contribution >= 4 is 82.0 Å². The van der Waals surface area contributed by atoms with Crippen LogP contribution in [0.25, 0.3) is 115 Å². The molecule has 0 radical (unpaired) electrons. The summed E-state index contributed by atoms with van der Waals surface area (Å²) in [6.45, 7) is 7.10. The number of furan rings is 2. The van der Waals surface area contributed by atoms with Gasteiger partial charge in [0.15, 0.2) is 11.2 Å². The SMILES string of the molecule is CC(C)(C)c1cc2c3c(c1)CCc1c-3c(c3c4c5c(oc6c7c(cc(-c8ccccc8)c65)C5CC6CC(C5)CC7C6)c(C#N)cc4n4c5cc(C#N)c6oc7c8c(cc(-c9ccccc9)c7c6c5c1c34)C1CC3CC(C1)CC8C3)CC2. The molecular weight excluding hydrogens is 987 g/mol. The lowest BCUT2D eigenvalue weighted by atomic mass is 9.67. The number of aromatic nitrogens is 1. The summed E-state index contributed by atoms with van der Waals surface area (Å²) in [6, 6.07) is 42.4. The van der Waals surface area contributed by atoms with E-state index >= 15 is 0 Å². The Bertz CT molecular complexity index is 4680. The molecule has 0 amide bonds. The minimum atomic E-state index is 0.0243. The number of hydrogen-bond donors (Lipinski definition) is 0. The molecule has 5 heteroatoms. The average Bonchev–Trinajstić information content (AvgIpc) is 3.72. The van der Waals surface area contributed by atoms with E-state index in [2.05, 4.69) is 134 Å². The smallest absolute Gasteiger partial charge is 0.153 e. The van der Waals surface area contributed by atoms with Gasteiger partial charge in [0.25, 0.3) is 0 Å². The molecule has 22 rings (SSSR count). The second-order valence-electron chi connectivity index (χ2n) is 28.3. The first-order chi connectivity index (χ1) is 39.6. The van der Waals surface area contributed by atoms with Gasteiger partial charge in [0, 0.05) is 54.2 Å². The molecule has 0 saturated heterocycles. The van der Waals surface area contributed by atoms with E-state index in [4.69, 9.17) is 8.83 Å². The Labute approximate surface area is 470 Å². The molecule has 4 heterocycles. The zero-order chi connectivity index (χ0) is 53.2. The summed E-state index contributed by atoms with van der Waals surface area (Å²) in [7, 11) is 0. The highest BCUT2D eigenvalue weighted by Gasteiger charge is 2.47. The van der Waals surface area contributed by atoms with Gasteiger partial charge in [-0.25, -0.2) is 0 Å². The fourth-order valence-electron chi connectivity index (χ4n) is 20.4. The summed E-state index contributed by atoms with van der Waals surface area (Å²) in [4.78, 5) is 0. The Hall–Kier alpha value is -7.86. The van der Waals surface area contributed by atoms with Gasteiger partial charge in [-0.15, -0.1) is 0 Å². The molecule has 8 bridgehead atoms. The summed E-state index contributed by atoms with van der Waals surface area (Å²) < 4.78 is 17.8. The summed E-state index contributed by atoms with van der Waals surface area (Å²) in [5.74, 6) is 4.95. The third-order valence-electron chi connectivity index (χ3n) is 23.1. The van der Waals surface area contributed by atoms with Crippen molar-refractivity contribution in [1.29, 1.82) is 10.5 Å². The van der Waals surface area contributed by atoms with E-state index in [0.29, 0.717) is 34.8 Å². The first kappa shape index (κ1) is 44.8. The molecule has 4 atom stereocenters. The molecule has 5 nitrogen and oxygen atoms in total. The zero-order valence-electron chi connectivity index (χ0n) is 46.4. The lowest BCUT2D eigenvalue weighted by Gasteiger charge is -2.38. The summed E-state index contributed by atoms with van der Waals surface area (Å²) in [5, 5.41) is 32.8. The van der Waals surface area contributed by atoms with E-state index < -0.39 is 0 Å². The van der Waals surface area contributed by atoms with Gasteiger partial charge >= 0.3 is 0 Å². The van der Waals surface area contributed by atoms with Crippen molar-refractivity contribution in [3.63, 3.8) is 0 Å². The molecule has 392 valence electrons. The molecular formula is C76H61N3O2. The molecule has 8 aromatic carbocycles. The van der Waals surface area contributed by atoms with Crippen molar-refractivity contribution in [2.45, 2.75) is 140 Å². The van der Waals surface area contributed by atoms with E-state index in [0.717, 1.165) is 93.5 Å². The molecule has 10 aliphatic carbocycles. The van der Waals surface area contributed by atoms with Gasteiger partial charge in [-0.1, -0.05) is 93.6 Å². The van der Waals surface area contributed by atoms with Gasteiger partial charge in [0.05, 0.1) is 27.7 Å². The minimum Gasteiger partial charge on any atom is -0.454 e. The molecule has 4 saturated carbocycles. The third kappa shape index (κ3) is 5.58. The number of aryl methyl sites for hydroxylation is 4. The standard InChI is InChI=1S/C76H61N3O2/c1-76(2,3)50-28-42-14-16-51-62-52(17-15-43(29-50)59(42)62)64-68-58(31-49(35-78)73-70(68)66-54(41-12-8-5-9-13-41)33-56-45-22-38-19-39(23-45)27-47(26-38)61(56)75(66)81-73)79-57-30-48(34-77)72-69(67(57)63(51)71(64)79)65-53(40-10-6-4-7-11-40)32-55-44-20-36-18-37(21-44)25-46(24-36)60(55)74(65)80-72/h4-13,28-33,36-39,44-47H,14-27H2,1-3H3. The Morgan fingerprint density at radius 3 is 1.30 bits per heavy atom. The summed E-state index contributed by atoms with van der Waals surface area (Å²) >= 11 is 0. The van der Waals surface area contributed by atoms with Gasteiger partial charge in [-0.2, -0.15) is 10.5 Å². The van der Waals surface area contributed by atoms with E-state index in [-0.39, 0.29) is 5.41 Å². The van der Waals surface area contributed by atoms with Crippen LogP contribution in [0.1, 0.15) is 170 Å². The van der Waals surface area contributed by atoms with Gasteiger partial charge in [0.2, 0.25) is 0 Å². The molecule has 12 aromatic rings. The van der Waals surface area contributed by atoms with Gasteiger partial charge in [-0.05, 0) is 239 Å². The highest BCUT2D eigenvalue weighted by Crippen LogP contribution is 2.64. The predicted octanol–water partition coefficient (Wildman–Crippen LogP) is 19.7. The van der Waals surface area contributed by atoms with Gasteiger partial charge < -0.3 is 13.2 Å². The highest BCUT2D eigenvalue weighted by molar-refractivity contribution is 6.40. The van der Waals surface area contributed by atoms with Crippen LogP contribution in [-0.4, -0.2) is 4.40 Å². The van der Waals surface area contributed by atoms with Gasteiger partial charge in [0.1, 0.15) is 23.3 Å². The van der Waals surface area contributed by atoms with Gasteiger partial charge in [-0.3, -0.25) is 0 Å². The first-order valence-corrected chi connectivity index (χ1v) is 31.0. The fraction of sp³-hybridized carbons (Fsp3) is 0.342. The topological polar surface area (TPSA) is 78.3 Å². The number of rotatable bonds is 2. The van der Waals surface area contributed by atoms with Crippen LogP contribution < -0.4 is 0 Å². The summed E-state index contributed by atoms with van der Waals surface area (Å²) in [6.07, 6.45) is 16.4. The monoisotopic (exact) mass is 1050 g/mol. The third-order valence-corrected chi connectivity index (χ3v) is 23.1. The van der Waals surface area contributed by atoms with Crippen molar-refractivity contribution in [1.82, 2.24) is 4.40 Å². The quantitative estimate of drug-likeness (QED) is 0.173. The molecule has 0 spiro atoms. The molecule has 4 aromatic heterocycles. The lowest BCUT2D eigenvalue weighted by Crippen LogP contribution is -2.25. The molecule has 0 N–H and O–H groups in total. The molecule has 81 heavy (non-hydrogen) atoms. The van der Waals surface area contributed by atoms with Crippen molar-refractivity contribution < 1.29 is 8.83 Å². The first-order valence-electron chi connectivity index (χ1n) is 31.0. The van der Waals surface area contributed by atoms with Crippen molar-refractivity contribution in [2.75, 3.05) is 0 Å². The number of fused-ring (bicyclic) bond motifs is 16. The van der Waals surface area contributed by atoms with E-state index in [1.54, 1.807) is 0 Å². The molecule has 0 aliphatic heterocycles. The van der Waals surface area contributed by atoms with Crippen LogP contribution in [0.4, 0.5) is 0 Å². The van der Waals surface area contributed by atoms with Crippen LogP contribution in [0, 0.1) is 46.3 Å². The second kappa shape index (κ2) is 15.2. The maximum absolute atomic E-state index is 11.7. The normalized spacial score (nSPS) is 24.8. The fourth-order valence-corrected chi connectivity index (χ4v) is 20.4. The van der Waals surface area contributed by atoms with Crippen molar-refractivity contribution in [3.05, 3.63) is 158 Å². The van der Waals surface area contributed by atoms with E-state index in [9.17, 15) is 10.5 Å². The maximum atomic E-state index is 11.7. The number of hydrogen-bond acceptors (Lipinski definition) is 4. The zero-order valence-corrected chi connectivity index (χ0v) is 46.4. The van der Waals surface area contributed by atoms with Crippen molar-refractivity contribution in [3.8, 4) is 45.5 Å². The average molecular weight is 1050 g/mol. The van der Waals surface area contributed by atoms with Crippen LogP contribution in [0.3, 0.4) is 0 Å².